The van der Waals surface area contributed by atoms with Gasteiger partial charge in [-0.2, -0.15) is 0 Å². The average Bonchev–Trinajstić information content (AvgIpc) is 0.794. The zero-order valence-electron chi connectivity index (χ0n) is 59.4. The number of unbranched alkanes of at least 4 members (excludes halogenated alkanes) is 36. The van der Waals surface area contributed by atoms with Crippen LogP contribution >= 0.6 is 0 Å². The number of hydrogen-bond acceptors (Lipinski definition) is 13. The molecule has 14 nitrogen and oxygen atoms in total. The molecule has 0 spiro atoms. The highest BCUT2D eigenvalue weighted by Gasteiger charge is 2.51. The van der Waals surface area contributed by atoms with E-state index in [-0.39, 0.29) is 18.9 Å². The summed E-state index contributed by atoms with van der Waals surface area (Å²) in [4.78, 5) is 13.4. The van der Waals surface area contributed by atoms with Gasteiger partial charge in [0.2, 0.25) is 5.91 Å². The number of aliphatic hydroxyl groups excluding tert-OH is 8. The third-order valence-corrected chi connectivity index (χ3v) is 18.3. The molecule has 0 radical (unpaired) electrons. The minimum absolute atomic E-state index is 0.253. The van der Waals surface area contributed by atoms with Gasteiger partial charge in [-0.15, -0.1) is 0 Å². The summed E-state index contributed by atoms with van der Waals surface area (Å²) < 4.78 is 22.9. The summed E-state index contributed by atoms with van der Waals surface area (Å²) in [6.45, 7) is 2.70. The van der Waals surface area contributed by atoms with Crippen LogP contribution in [0.1, 0.15) is 309 Å². The van der Waals surface area contributed by atoms with E-state index in [4.69, 9.17) is 18.9 Å². The molecule has 0 aromatic rings. The molecule has 9 N–H and O–H groups in total. The molecule has 14 heteroatoms. The number of aliphatic hydroxyl groups is 8. The molecule has 1 amide bonds. The normalized spacial score (nSPS) is 23.0. The van der Waals surface area contributed by atoms with Gasteiger partial charge in [-0.25, -0.2) is 0 Å². The molecule has 2 fully saturated rings. The Morgan fingerprint density at radius 1 is 0.394 bits per heavy atom. The van der Waals surface area contributed by atoms with Crippen molar-refractivity contribution in [2.75, 3.05) is 19.8 Å². The first-order valence-electron chi connectivity index (χ1n) is 38.5. The van der Waals surface area contributed by atoms with Gasteiger partial charge in [0.25, 0.3) is 0 Å². The Labute approximate surface area is 573 Å². The lowest BCUT2D eigenvalue weighted by Gasteiger charge is -2.46. The maximum absolute atomic E-state index is 13.4. The summed E-state index contributed by atoms with van der Waals surface area (Å²) in [6.07, 6.45) is 73.3. The molecule has 0 aromatic carbocycles. The van der Waals surface area contributed by atoms with Crippen LogP contribution in [0.25, 0.3) is 0 Å². The molecule has 12 atom stereocenters. The van der Waals surface area contributed by atoms with Crippen molar-refractivity contribution in [1.82, 2.24) is 5.32 Å². The second kappa shape index (κ2) is 63.4. The van der Waals surface area contributed by atoms with E-state index in [1.165, 1.54) is 186 Å². The van der Waals surface area contributed by atoms with E-state index in [9.17, 15) is 45.6 Å². The summed E-state index contributed by atoms with van der Waals surface area (Å²) >= 11 is 0. The van der Waals surface area contributed by atoms with E-state index in [2.05, 4.69) is 104 Å². The number of rotatable bonds is 63. The van der Waals surface area contributed by atoms with Crippen LogP contribution in [0.3, 0.4) is 0 Å². The van der Waals surface area contributed by atoms with E-state index < -0.39 is 86.8 Å². The minimum Gasteiger partial charge on any atom is -0.394 e. The zero-order valence-corrected chi connectivity index (χ0v) is 59.4. The van der Waals surface area contributed by atoms with Gasteiger partial charge in [-0.05, 0) is 77.0 Å². The standard InChI is InChI=1S/C80H141NO13/c1-3-5-7-9-11-13-15-17-19-21-23-25-27-29-31-32-33-34-35-36-38-39-41-43-45-47-49-51-53-55-57-59-61-63-69(84)68(67-91-79-77(90)75(88)78(71(66-83)93-79)94-80-76(89)74(87)73(86)70(65-82)92-80)81-72(85)64-62-60-58-56-54-52-50-48-46-44-42-40-37-30-28-26-24-22-20-18-16-14-12-10-8-6-4-2/h6,8,12,14,18,20,24,26,30,37,42,44,48,50,61,63,68-71,73-80,82-84,86-90H,3-5,7,9-11,13,15-17,19,21-23,25,27-29,31-36,38-41,43,45-47,49,51-60,62,64-67H2,1-2H3,(H,81,85)/b8-6-,14-12-,20-18-,26-24-,37-30-,44-42-,50-48-,63-61+. The van der Waals surface area contributed by atoms with Gasteiger partial charge in [0.1, 0.15) is 48.8 Å². The quantitative estimate of drug-likeness (QED) is 0.0204. The van der Waals surface area contributed by atoms with Crippen molar-refractivity contribution in [1.29, 1.82) is 0 Å². The molecular formula is C80H141NO13. The molecule has 0 aromatic heterocycles. The van der Waals surface area contributed by atoms with Gasteiger partial charge in [0, 0.05) is 6.42 Å². The summed E-state index contributed by atoms with van der Waals surface area (Å²) in [6, 6.07) is -0.935. The first kappa shape index (κ1) is 87.0. The monoisotopic (exact) mass is 1320 g/mol. The third-order valence-electron chi connectivity index (χ3n) is 18.3. The van der Waals surface area contributed by atoms with Crippen LogP contribution in [0.2, 0.25) is 0 Å². The number of ether oxygens (including phenoxy) is 4. The van der Waals surface area contributed by atoms with Crippen molar-refractivity contribution >= 4 is 5.91 Å². The lowest BCUT2D eigenvalue weighted by atomic mass is 9.97. The zero-order chi connectivity index (χ0) is 68.0. The Morgan fingerprint density at radius 2 is 0.734 bits per heavy atom. The summed E-state index contributed by atoms with van der Waals surface area (Å²) in [7, 11) is 0. The molecule has 2 heterocycles. The van der Waals surface area contributed by atoms with Crippen molar-refractivity contribution in [3.8, 4) is 0 Å². The molecule has 94 heavy (non-hydrogen) atoms. The lowest BCUT2D eigenvalue weighted by molar-refractivity contribution is -0.359. The molecule has 0 aliphatic carbocycles. The van der Waals surface area contributed by atoms with Gasteiger partial charge < -0.3 is 65.1 Å². The van der Waals surface area contributed by atoms with E-state index in [1.54, 1.807) is 6.08 Å². The highest BCUT2D eigenvalue weighted by molar-refractivity contribution is 5.76. The summed E-state index contributed by atoms with van der Waals surface area (Å²) in [5.74, 6) is -0.258. The largest absolute Gasteiger partial charge is 0.394 e. The summed E-state index contributed by atoms with van der Waals surface area (Å²) in [5.41, 5.74) is 0. The molecule has 544 valence electrons. The van der Waals surface area contributed by atoms with Crippen molar-refractivity contribution < 1.29 is 64.6 Å². The second-order valence-corrected chi connectivity index (χ2v) is 26.8. The Bertz CT molecular complexity index is 1950. The maximum Gasteiger partial charge on any atom is 0.220 e. The van der Waals surface area contributed by atoms with E-state index in [0.29, 0.717) is 6.42 Å². The Kier molecular flexibility index (Phi) is 58.6. The highest BCUT2D eigenvalue weighted by Crippen LogP contribution is 2.30. The first-order chi connectivity index (χ1) is 46.1. The maximum atomic E-state index is 13.4. The SMILES string of the molecule is CC/C=C\C/C=C\C/C=C\C/C=C\C/C=C\C/C=C\C/C=C\CCCCCCCC(=O)NC(COC1OC(CO)C(OC2OC(CO)C(O)C(O)C2O)C(O)C1O)C(O)/C=C/CCCCCCCCCCCCCCCCCCCCCCCCCCCCCCCCC. The lowest BCUT2D eigenvalue weighted by Crippen LogP contribution is -2.65. The molecule has 2 aliphatic rings. The number of allylic oxidation sites excluding steroid dienone is 15. The Morgan fingerprint density at radius 3 is 1.13 bits per heavy atom. The first-order valence-corrected chi connectivity index (χ1v) is 38.5. The van der Waals surface area contributed by atoms with Crippen molar-refractivity contribution in [3.63, 3.8) is 0 Å². The number of hydrogen-bond donors (Lipinski definition) is 9. The molecule has 2 aliphatic heterocycles. The van der Waals surface area contributed by atoms with Crippen LogP contribution < -0.4 is 5.32 Å². The van der Waals surface area contributed by atoms with Gasteiger partial charge in [-0.3, -0.25) is 4.79 Å². The van der Waals surface area contributed by atoms with Gasteiger partial charge >= 0.3 is 0 Å². The average molecular weight is 1330 g/mol. The fraction of sp³-hybridized carbons (Fsp3) is 0.787. The van der Waals surface area contributed by atoms with Crippen molar-refractivity contribution in [2.45, 2.75) is 383 Å². The predicted molar refractivity (Wildman–Crippen MR) is 387 cm³/mol. The molecular weight excluding hydrogens is 1180 g/mol. The number of nitrogens with one attached hydrogen (secondary N) is 1. The van der Waals surface area contributed by atoms with Crippen molar-refractivity contribution in [3.05, 3.63) is 97.2 Å². The topological polar surface area (TPSA) is 228 Å². The molecule has 0 bridgehead atoms. The Hall–Kier alpha value is -3.09. The third kappa shape index (κ3) is 46.2. The molecule has 0 saturated carbocycles. The molecule has 2 saturated heterocycles. The summed E-state index contributed by atoms with van der Waals surface area (Å²) in [5, 5.41) is 87.6. The molecule has 2 rings (SSSR count). The van der Waals surface area contributed by atoms with Gasteiger partial charge in [0.05, 0.1) is 32.0 Å². The number of carbonyl (C=O) groups excluding carboxylic acids is 1. The van der Waals surface area contributed by atoms with Crippen LogP contribution in [0.4, 0.5) is 0 Å². The Balaban J connectivity index is 1.66. The van der Waals surface area contributed by atoms with Gasteiger partial charge in [-0.1, -0.05) is 323 Å². The van der Waals surface area contributed by atoms with Crippen LogP contribution in [0, 0.1) is 0 Å². The van der Waals surface area contributed by atoms with E-state index in [0.717, 1.165) is 96.3 Å². The van der Waals surface area contributed by atoms with Crippen LogP contribution in [0.5, 0.6) is 0 Å². The highest BCUT2D eigenvalue weighted by atomic mass is 16.7. The number of carbonyl (C=O) groups is 1. The van der Waals surface area contributed by atoms with E-state index in [1.807, 2.05) is 6.08 Å². The predicted octanol–water partition coefficient (Wildman–Crippen LogP) is 16.9. The number of amides is 1. The fourth-order valence-corrected chi connectivity index (χ4v) is 12.2. The second-order valence-electron chi connectivity index (χ2n) is 26.8. The molecule has 12 unspecified atom stereocenters. The van der Waals surface area contributed by atoms with Crippen LogP contribution in [0.15, 0.2) is 97.2 Å². The van der Waals surface area contributed by atoms with E-state index >= 15 is 0 Å². The van der Waals surface area contributed by atoms with Crippen LogP contribution in [-0.4, -0.2) is 140 Å². The fourth-order valence-electron chi connectivity index (χ4n) is 12.2. The van der Waals surface area contributed by atoms with Crippen molar-refractivity contribution in [2.24, 2.45) is 0 Å². The minimum atomic E-state index is -1.80. The smallest absolute Gasteiger partial charge is 0.220 e. The van der Waals surface area contributed by atoms with Crippen LogP contribution in [-0.2, 0) is 23.7 Å². The van der Waals surface area contributed by atoms with Gasteiger partial charge in [0.15, 0.2) is 12.6 Å².